The highest BCUT2D eigenvalue weighted by atomic mass is 79.9. The molecule has 0 aliphatic heterocycles. The summed E-state index contributed by atoms with van der Waals surface area (Å²) < 4.78 is 3.66. The van der Waals surface area contributed by atoms with Crippen LogP contribution in [0.5, 0.6) is 0 Å². The number of halogens is 1. The molecule has 0 bridgehead atoms. The monoisotopic (exact) mass is 227 g/mol. The molecule has 2 N–H and O–H groups in total. The van der Waals surface area contributed by atoms with Crippen molar-refractivity contribution in [2.24, 2.45) is 0 Å². The molecule has 4 heteroatoms. The molecule has 0 unspecified atom stereocenters. The fraction of sp³-hybridized carbons (Fsp3) is 0.125. The quantitative estimate of drug-likeness (QED) is 0.385. The fourth-order valence-corrected chi connectivity index (χ4v) is 1.20. The Hall–Kier alpha value is -1.03. The molecule has 0 saturated carbocycles. The third-order valence-corrected chi connectivity index (χ3v) is 1.82. The van der Waals surface area contributed by atoms with Crippen LogP contribution in [0.25, 0.3) is 5.65 Å². The molecular weight excluding hydrogens is 218 g/mol. The maximum atomic E-state index is 5.73. The van der Waals surface area contributed by atoms with Crippen LogP contribution in [0.2, 0.25) is 0 Å². The molecule has 0 radical (unpaired) electrons. The third-order valence-electron chi connectivity index (χ3n) is 1.82. The summed E-state index contributed by atoms with van der Waals surface area (Å²) in [5, 5.41) is 0. The number of nitrogens with zero attached hydrogens (tertiary/aromatic N) is 2. The molecular formula is C8H10BrN3. The van der Waals surface area contributed by atoms with E-state index in [1.165, 1.54) is 0 Å². The summed E-state index contributed by atoms with van der Waals surface area (Å²) >= 11 is 0. The summed E-state index contributed by atoms with van der Waals surface area (Å²) in [5.41, 5.74) is 2.06. The molecule has 2 rings (SSSR count). The molecule has 0 aliphatic carbocycles. The van der Waals surface area contributed by atoms with Gasteiger partial charge in [0.1, 0.15) is 6.20 Å². The predicted molar refractivity (Wildman–Crippen MR) is 42.5 cm³/mol. The molecule has 0 aromatic carbocycles. The molecule has 2 aromatic rings. The first-order valence-corrected chi connectivity index (χ1v) is 3.52. The zero-order valence-corrected chi connectivity index (χ0v) is 8.32. The third kappa shape index (κ3) is 1.18. The fourth-order valence-electron chi connectivity index (χ4n) is 1.20. The molecule has 2 aromatic heterocycles. The number of aromatic nitrogens is 2. The lowest BCUT2D eigenvalue weighted by molar-refractivity contribution is -0.510. The maximum Gasteiger partial charge on any atom is 0.309 e. The lowest BCUT2D eigenvalue weighted by Crippen LogP contribution is -3.00. The average Bonchev–Trinajstić information content (AvgIpc) is 2.30. The first-order chi connectivity index (χ1) is 5.29. The Morgan fingerprint density at radius 2 is 2.17 bits per heavy atom. The van der Waals surface area contributed by atoms with Crippen molar-refractivity contribution in [3.63, 3.8) is 0 Å². The van der Waals surface area contributed by atoms with Gasteiger partial charge in [-0.15, -0.1) is 4.68 Å². The van der Waals surface area contributed by atoms with Crippen LogP contribution in [0.15, 0.2) is 30.6 Å². The van der Waals surface area contributed by atoms with Crippen LogP contribution in [0.3, 0.4) is 0 Å². The van der Waals surface area contributed by atoms with Gasteiger partial charge >= 0.3 is 5.65 Å². The standard InChI is InChI=1S/C8H10N3.BrH/c1-7-6-10-5-3-2-4-8(10)11(7)9;/h2-6H,9H2,1H3;1H/q+1;/p-1. The lowest BCUT2D eigenvalue weighted by atomic mass is 10.5. The number of pyridine rings is 1. The zero-order valence-electron chi connectivity index (χ0n) is 6.74. The number of hydrogen-bond donors (Lipinski definition) is 1. The minimum Gasteiger partial charge on any atom is -1.00 e. The number of rotatable bonds is 0. The van der Waals surface area contributed by atoms with E-state index in [1.807, 2.05) is 41.9 Å². The topological polar surface area (TPSA) is 35.0 Å². The number of nitrogen functional groups attached to an aromatic ring is 1. The molecule has 2 heterocycles. The van der Waals surface area contributed by atoms with E-state index >= 15 is 0 Å². The molecule has 0 aliphatic rings. The average molecular weight is 228 g/mol. The summed E-state index contributed by atoms with van der Waals surface area (Å²) in [4.78, 5) is 0. The second-order valence-corrected chi connectivity index (χ2v) is 2.61. The molecule has 0 atom stereocenters. The Bertz CT molecular complexity index is 394. The van der Waals surface area contributed by atoms with Crippen molar-refractivity contribution in [2.45, 2.75) is 6.92 Å². The highest BCUT2D eigenvalue weighted by molar-refractivity contribution is 5.31. The molecule has 64 valence electrons. The zero-order chi connectivity index (χ0) is 7.84. The predicted octanol–water partition coefficient (Wildman–Crippen LogP) is -2.75. The smallest absolute Gasteiger partial charge is 0.309 e. The van der Waals surface area contributed by atoms with Gasteiger partial charge in [0.25, 0.3) is 0 Å². The van der Waals surface area contributed by atoms with Crippen molar-refractivity contribution in [1.29, 1.82) is 0 Å². The van der Waals surface area contributed by atoms with Gasteiger partial charge in [-0.3, -0.25) is 5.84 Å². The van der Waals surface area contributed by atoms with Gasteiger partial charge in [-0.2, -0.15) is 0 Å². The lowest BCUT2D eigenvalue weighted by Gasteiger charge is -1.85. The van der Waals surface area contributed by atoms with Crippen molar-refractivity contribution in [3.8, 4) is 0 Å². The minimum absolute atomic E-state index is 0. The minimum atomic E-state index is 0. The largest absolute Gasteiger partial charge is 1.00 e. The van der Waals surface area contributed by atoms with E-state index in [1.54, 1.807) is 4.68 Å². The van der Waals surface area contributed by atoms with Gasteiger partial charge in [-0.1, -0.05) is 6.07 Å². The van der Waals surface area contributed by atoms with E-state index < -0.39 is 0 Å². The molecule has 0 spiro atoms. The molecule has 0 fully saturated rings. The Labute approximate surface area is 81.2 Å². The number of nitrogens with two attached hydrogens (primary N) is 1. The van der Waals surface area contributed by atoms with Crippen molar-refractivity contribution in [3.05, 3.63) is 36.3 Å². The van der Waals surface area contributed by atoms with Crippen LogP contribution in [0.1, 0.15) is 5.69 Å². The van der Waals surface area contributed by atoms with E-state index in [4.69, 9.17) is 5.84 Å². The summed E-state index contributed by atoms with van der Waals surface area (Å²) in [6.07, 6.45) is 3.97. The van der Waals surface area contributed by atoms with Crippen LogP contribution < -0.4 is 27.2 Å². The van der Waals surface area contributed by atoms with Crippen LogP contribution >= 0.6 is 0 Å². The van der Waals surface area contributed by atoms with E-state index in [0.717, 1.165) is 11.3 Å². The van der Waals surface area contributed by atoms with Gasteiger partial charge in [0.2, 0.25) is 0 Å². The van der Waals surface area contributed by atoms with Crippen molar-refractivity contribution >= 4 is 5.65 Å². The summed E-state index contributed by atoms with van der Waals surface area (Å²) in [5.74, 6) is 5.73. The second-order valence-electron chi connectivity index (χ2n) is 2.61. The number of imidazole rings is 1. The van der Waals surface area contributed by atoms with Gasteiger partial charge in [0.15, 0.2) is 5.69 Å². The number of aryl methyl sites for hydroxylation is 1. The van der Waals surface area contributed by atoms with Crippen LogP contribution in [-0.2, 0) is 0 Å². The molecule has 0 amide bonds. The van der Waals surface area contributed by atoms with E-state index in [9.17, 15) is 0 Å². The first kappa shape index (κ1) is 9.06. The van der Waals surface area contributed by atoms with Gasteiger partial charge in [0, 0.05) is 13.0 Å². The van der Waals surface area contributed by atoms with Crippen LogP contribution in [0, 0.1) is 6.92 Å². The van der Waals surface area contributed by atoms with E-state index in [-0.39, 0.29) is 17.0 Å². The highest BCUT2D eigenvalue weighted by Gasteiger charge is 2.08. The van der Waals surface area contributed by atoms with Gasteiger partial charge in [0.05, 0.1) is 6.20 Å². The van der Waals surface area contributed by atoms with Crippen LogP contribution in [0.4, 0.5) is 0 Å². The van der Waals surface area contributed by atoms with Gasteiger partial charge in [-0.25, -0.2) is 4.40 Å². The molecule has 0 saturated heterocycles. The first-order valence-electron chi connectivity index (χ1n) is 3.52. The Morgan fingerprint density at radius 1 is 1.42 bits per heavy atom. The maximum absolute atomic E-state index is 5.73. The number of hydrogen-bond acceptors (Lipinski definition) is 1. The van der Waals surface area contributed by atoms with Gasteiger partial charge in [-0.05, 0) is 6.07 Å². The normalized spacial score (nSPS) is 9.75. The number of fused-ring (bicyclic) bond motifs is 1. The Balaban J connectivity index is 0.000000720. The van der Waals surface area contributed by atoms with Crippen molar-refractivity contribution in [2.75, 3.05) is 5.84 Å². The summed E-state index contributed by atoms with van der Waals surface area (Å²) in [6, 6.07) is 5.93. The SMILES string of the molecule is Cc1c[n+]2ccccc2n1N.[Br-]. The summed E-state index contributed by atoms with van der Waals surface area (Å²) in [7, 11) is 0. The van der Waals surface area contributed by atoms with Crippen LogP contribution in [-0.4, -0.2) is 4.68 Å². The highest BCUT2D eigenvalue weighted by Crippen LogP contribution is 1.97. The van der Waals surface area contributed by atoms with E-state index in [0.29, 0.717) is 0 Å². The van der Waals surface area contributed by atoms with Crippen molar-refractivity contribution in [1.82, 2.24) is 4.68 Å². The Kier molecular flexibility index (Phi) is 2.38. The molecule has 3 nitrogen and oxygen atoms in total. The molecule has 12 heavy (non-hydrogen) atoms. The second kappa shape index (κ2) is 3.15. The van der Waals surface area contributed by atoms with Gasteiger partial charge < -0.3 is 17.0 Å². The summed E-state index contributed by atoms with van der Waals surface area (Å²) in [6.45, 7) is 1.98. The van der Waals surface area contributed by atoms with Crippen molar-refractivity contribution < 1.29 is 21.4 Å². The Morgan fingerprint density at radius 3 is 2.83 bits per heavy atom. The van der Waals surface area contributed by atoms with E-state index in [2.05, 4.69) is 0 Å².